The fourth-order valence-corrected chi connectivity index (χ4v) is 5.28. The molecule has 1 amide bonds. The molecule has 1 unspecified atom stereocenters. The summed E-state index contributed by atoms with van der Waals surface area (Å²) in [7, 11) is -3.81. The van der Waals surface area contributed by atoms with Gasteiger partial charge in [-0.1, -0.05) is 29.3 Å². The number of rotatable bonds is 7. The summed E-state index contributed by atoms with van der Waals surface area (Å²) in [5.41, 5.74) is 1.15. The van der Waals surface area contributed by atoms with E-state index in [0.29, 0.717) is 23.7 Å². The number of sulfonamides is 1. The molecule has 1 heterocycles. The molecule has 0 saturated carbocycles. The van der Waals surface area contributed by atoms with Crippen LogP contribution in [0.3, 0.4) is 0 Å². The maximum absolute atomic E-state index is 13.1. The lowest BCUT2D eigenvalue weighted by Gasteiger charge is -2.36. The Morgan fingerprint density at radius 2 is 1.70 bits per heavy atom. The number of hydroxylamine groups is 2. The Morgan fingerprint density at radius 3 is 2.27 bits per heavy atom. The zero-order valence-corrected chi connectivity index (χ0v) is 18.1. The molecule has 2 aromatic carbocycles. The van der Waals surface area contributed by atoms with Gasteiger partial charge in [0, 0.05) is 31.9 Å². The van der Waals surface area contributed by atoms with E-state index in [1.807, 2.05) is 4.90 Å². The molecule has 0 bridgehead atoms. The van der Waals surface area contributed by atoms with Crippen molar-refractivity contribution >= 4 is 45.3 Å². The number of anilines is 1. The molecule has 30 heavy (non-hydrogen) atoms. The minimum atomic E-state index is -3.81. The smallest absolute Gasteiger partial charge is 0.233 e. The molecule has 0 spiro atoms. The van der Waals surface area contributed by atoms with E-state index in [2.05, 4.69) is 0 Å². The van der Waals surface area contributed by atoms with Gasteiger partial charge >= 0.3 is 0 Å². The predicted octanol–water partition coefficient (Wildman–Crippen LogP) is 3.17. The molecule has 0 aromatic heterocycles. The van der Waals surface area contributed by atoms with Crippen molar-refractivity contribution in [3.63, 3.8) is 0 Å². The van der Waals surface area contributed by atoms with Gasteiger partial charge < -0.3 is 4.90 Å². The van der Waals surface area contributed by atoms with Gasteiger partial charge in [-0.05, 0) is 42.0 Å². The molecule has 1 atom stereocenters. The Hall–Kier alpha value is -1.91. The molecule has 3 rings (SSSR count). The van der Waals surface area contributed by atoms with Crippen molar-refractivity contribution in [2.24, 2.45) is 0 Å². The van der Waals surface area contributed by atoms with Crippen molar-refractivity contribution in [3.8, 4) is 0 Å². The van der Waals surface area contributed by atoms with Crippen molar-refractivity contribution in [2.45, 2.75) is 6.04 Å². The Kier molecular flexibility index (Phi) is 7.20. The topological polar surface area (TPSA) is 81.2 Å². The number of hydrogen-bond donors (Lipinski definition) is 1. The number of hydrogen-bond acceptors (Lipinski definition) is 5. The van der Waals surface area contributed by atoms with E-state index in [9.17, 15) is 22.8 Å². The van der Waals surface area contributed by atoms with Crippen molar-refractivity contribution in [3.05, 3.63) is 63.9 Å². The molecule has 11 heteroatoms. The predicted molar refractivity (Wildman–Crippen MR) is 113 cm³/mol. The molecule has 1 fully saturated rings. The first-order chi connectivity index (χ1) is 14.2. The number of carbonyl (C=O) groups excluding carboxylic acids is 1. The van der Waals surface area contributed by atoms with E-state index in [1.54, 1.807) is 12.1 Å². The third kappa shape index (κ3) is 5.22. The molecule has 1 N–H and O–H groups in total. The van der Waals surface area contributed by atoms with Gasteiger partial charge in [0.05, 0.1) is 21.8 Å². The lowest BCUT2D eigenvalue weighted by atomic mass is 10.1. The average molecular weight is 476 g/mol. The number of benzene rings is 2. The first-order valence-corrected chi connectivity index (χ1v) is 11.4. The standard InChI is InChI=1S/C19H20Cl2FN3O4S/c20-17-6-1-14(11-18(17)21)19(25(27)13-26)12-30(28,29)24-9-7-23(8-10-24)16-4-2-15(22)3-5-16/h1-6,11,13,19,27H,7-10,12H2. The van der Waals surface area contributed by atoms with Crippen LogP contribution in [0, 0.1) is 5.82 Å². The summed E-state index contributed by atoms with van der Waals surface area (Å²) < 4.78 is 40.4. The van der Waals surface area contributed by atoms with Crippen LogP contribution in [0.1, 0.15) is 11.6 Å². The molecule has 0 aliphatic carbocycles. The number of halogens is 3. The Balaban J connectivity index is 1.72. The van der Waals surface area contributed by atoms with Crippen LogP contribution in [0.5, 0.6) is 0 Å². The van der Waals surface area contributed by atoms with E-state index in [0.717, 1.165) is 5.69 Å². The Bertz CT molecular complexity index is 999. The third-order valence-electron chi connectivity index (χ3n) is 4.95. The van der Waals surface area contributed by atoms with Crippen molar-refractivity contribution in [2.75, 3.05) is 36.8 Å². The first-order valence-electron chi connectivity index (χ1n) is 9.07. The van der Waals surface area contributed by atoms with Gasteiger partial charge in [0.1, 0.15) is 5.82 Å². The lowest BCUT2D eigenvalue weighted by molar-refractivity contribution is -0.158. The highest BCUT2D eigenvalue weighted by Crippen LogP contribution is 2.29. The molecule has 1 saturated heterocycles. The molecular formula is C19H20Cl2FN3O4S. The highest BCUT2D eigenvalue weighted by atomic mass is 35.5. The van der Waals surface area contributed by atoms with E-state index in [-0.39, 0.29) is 35.4 Å². The maximum atomic E-state index is 13.1. The van der Waals surface area contributed by atoms with Crippen molar-refractivity contribution in [1.29, 1.82) is 0 Å². The second kappa shape index (κ2) is 9.49. The lowest BCUT2D eigenvalue weighted by Crippen LogP contribution is -2.50. The Labute approximate surface area is 184 Å². The number of piperazine rings is 1. The molecule has 0 radical (unpaired) electrons. The maximum Gasteiger partial charge on any atom is 0.233 e. The molecule has 162 valence electrons. The minimum absolute atomic E-state index is 0.148. The normalized spacial score (nSPS) is 16.3. The molecular weight excluding hydrogens is 456 g/mol. The molecule has 2 aromatic rings. The Morgan fingerprint density at radius 1 is 1.07 bits per heavy atom. The van der Waals surface area contributed by atoms with Gasteiger partial charge in [0.2, 0.25) is 16.4 Å². The van der Waals surface area contributed by atoms with Gasteiger partial charge in [-0.3, -0.25) is 10.0 Å². The van der Waals surface area contributed by atoms with E-state index in [1.165, 1.54) is 34.6 Å². The van der Waals surface area contributed by atoms with Crippen LogP contribution in [-0.4, -0.2) is 61.3 Å². The van der Waals surface area contributed by atoms with Gasteiger partial charge in [-0.25, -0.2) is 17.9 Å². The quantitative estimate of drug-likeness (QED) is 0.377. The van der Waals surface area contributed by atoms with E-state index >= 15 is 0 Å². The van der Waals surface area contributed by atoms with Crippen LogP contribution in [-0.2, 0) is 14.8 Å². The van der Waals surface area contributed by atoms with E-state index in [4.69, 9.17) is 23.2 Å². The van der Waals surface area contributed by atoms with Gasteiger partial charge in [-0.2, -0.15) is 4.31 Å². The van der Waals surface area contributed by atoms with Crippen LogP contribution >= 0.6 is 23.2 Å². The third-order valence-corrected chi connectivity index (χ3v) is 7.58. The number of nitrogens with zero attached hydrogens (tertiary/aromatic N) is 3. The molecule has 1 aliphatic rings. The summed E-state index contributed by atoms with van der Waals surface area (Å²) in [6.45, 7) is 1.30. The van der Waals surface area contributed by atoms with Gasteiger partial charge in [0.25, 0.3) is 0 Å². The van der Waals surface area contributed by atoms with Crippen LogP contribution in [0.15, 0.2) is 42.5 Å². The van der Waals surface area contributed by atoms with Gasteiger partial charge in [0.15, 0.2) is 0 Å². The highest BCUT2D eigenvalue weighted by Gasteiger charge is 2.32. The SMILES string of the molecule is O=CN(O)C(CS(=O)(=O)N1CCN(c2ccc(F)cc2)CC1)c1ccc(Cl)c(Cl)c1. The zero-order valence-electron chi connectivity index (χ0n) is 15.8. The first kappa shape index (κ1) is 22.8. The fraction of sp³-hybridized carbons (Fsp3) is 0.316. The summed E-state index contributed by atoms with van der Waals surface area (Å²) in [6.07, 6.45) is 0.148. The van der Waals surface area contributed by atoms with Crippen molar-refractivity contribution in [1.82, 2.24) is 9.37 Å². The summed E-state index contributed by atoms with van der Waals surface area (Å²) in [6, 6.07) is 9.26. The van der Waals surface area contributed by atoms with Crippen LogP contribution in [0.4, 0.5) is 10.1 Å². The van der Waals surface area contributed by atoms with Crippen LogP contribution in [0.25, 0.3) is 0 Å². The monoisotopic (exact) mass is 475 g/mol. The minimum Gasteiger partial charge on any atom is -0.369 e. The number of carbonyl (C=O) groups is 1. The summed E-state index contributed by atoms with van der Waals surface area (Å²) in [5, 5.41) is 10.7. The molecule has 1 aliphatic heterocycles. The zero-order chi connectivity index (χ0) is 21.9. The van der Waals surface area contributed by atoms with Crippen LogP contribution in [0.2, 0.25) is 10.0 Å². The van der Waals surface area contributed by atoms with Crippen LogP contribution < -0.4 is 4.90 Å². The fourth-order valence-electron chi connectivity index (χ4n) is 3.30. The average Bonchev–Trinajstić information content (AvgIpc) is 2.74. The summed E-state index contributed by atoms with van der Waals surface area (Å²) in [5.74, 6) is -0.853. The summed E-state index contributed by atoms with van der Waals surface area (Å²) in [4.78, 5) is 13.1. The van der Waals surface area contributed by atoms with E-state index < -0.39 is 21.8 Å². The highest BCUT2D eigenvalue weighted by molar-refractivity contribution is 7.89. The number of amides is 1. The van der Waals surface area contributed by atoms with Crippen molar-refractivity contribution < 1.29 is 22.8 Å². The molecule has 7 nitrogen and oxygen atoms in total. The largest absolute Gasteiger partial charge is 0.369 e. The summed E-state index contributed by atoms with van der Waals surface area (Å²) >= 11 is 11.9. The van der Waals surface area contributed by atoms with Gasteiger partial charge in [-0.15, -0.1) is 0 Å². The second-order valence-electron chi connectivity index (χ2n) is 6.82. The second-order valence-corrected chi connectivity index (χ2v) is 9.64.